The van der Waals surface area contributed by atoms with Crippen LogP contribution in [-0.4, -0.2) is 19.6 Å². The van der Waals surface area contributed by atoms with Crippen LogP contribution in [0.4, 0.5) is 5.69 Å². The van der Waals surface area contributed by atoms with Crippen molar-refractivity contribution in [2.24, 2.45) is 0 Å². The Bertz CT molecular complexity index is 683. The summed E-state index contributed by atoms with van der Waals surface area (Å²) in [5.41, 5.74) is 1.11. The third-order valence-corrected chi connectivity index (χ3v) is 4.28. The monoisotopic (exact) mass is 321 g/mol. The number of imidazole rings is 1. The van der Waals surface area contributed by atoms with Crippen molar-refractivity contribution in [3.8, 4) is 0 Å². The molecule has 0 amide bonds. The van der Waals surface area contributed by atoms with Crippen LogP contribution in [0.25, 0.3) is 0 Å². The summed E-state index contributed by atoms with van der Waals surface area (Å²) in [5, 5.41) is 21.1. The van der Waals surface area contributed by atoms with Crippen molar-refractivity contribution in [3.63, 3.8) is 0 Å². The van der Waals surface area contributed by atoms with E-state index in [0.717, 1.165) is 22.2 Å². The van der Waals surface area contributed by atoms with E-state index in [0.29, 0.717) is 5.82 Å². The van der Waals surface area contributed by atoms with Gasteiger partial charge in [0.25, 0.3) is 5.69 Å². The molecule has 2 aromatic rings. The Morgan fingerprint density at radius 1 is 1.45 bits per heavy atom. The van der Waals surface area contributed by atoms with Gasteiger partial charge in [-0.25, -0.2) is 4.98 Å². The van der Waals surface area contributed by atoms with Crippen LogP contribution in [0.3, 0.4) is 0 Å². The second kappa shape index (κ2) is 6.93. The number of aromatic nitrogens is 2. The number of aliphatic hydroxyl groups excluding tert-OH is 1. The van der Waals surface area contributed by atoms with Crippen LogP contribution in [0.5, 0.6) is 0 Å². The summed E-state index contributed by atoms with van der Waals surface area (Å²) in [4.78, 5) is 15.7. The minimum Gasteiger partial charge on any atom is -0.388 e. The number of benzene rings is 1. The first-order chi connectivity index (χ1) is 10.5. The largest absolute Gasteiger partial charge is 0.388 e. The molecule has 0 atom stereocenters. The summed E-state index contributed by atoms with van der Waals surface area (Å²) in [6.07, 6.45) is 0. The molecule has 0 aliphatic heterocycles. The fourth-order valence-corrected chi connectivity index (χ4v) is 3.52. The number of nitro benzene ring substituents is 1. The van der Waals surface area contributed by atoms with Gasteiger partial charge in [-0.2, -0.15) is 0 Å². The van der Waals surface area contributed by atoms with E-state index in [-0.39, 0.29) is 18.2 Å². The fourth-order valence-electron chi connectivity index (χ4n) is 2.37. The summed E-state index contributed by atoms with van der Waals surface area (Å²) < 4.78 is 2.00. The molecule has 6 nitrogen and oxygen atoms in total. The molecule has 0 saturated carbocycles. The number of nitro groups is 1. The van der Waals surface area contributed by atoms with Gasteiger partial charge in [0.2, 0.25) is 0 Å². The summed E-state index contributed by atoms with van der Waals surface area (Å²) in [6.45, 7) is 6.76. The molecule has 2 rings (SSSR count). The lowest BCUT2D eigenvalue weighted by Crippen LogP contribution is -2.07. The molecule has 1 aromatic carbocycles. The zero-order chi connectivity index (χ0) is 16.3. The van der Waals surface area contributed by atoms with Gasteiger partial charge in [0.1, 0.15) is 17.5 Å². The fraction of sp³-hybridized carbons (Fsp3) is 0.400. The van der Waals surface area contributed by atoms with Gasteiger partial charge in [0.05, 0.1) is 10.6 Å². The zero-order valence-electron chi connectivity index (χ0n) is 12.8. The first-order valence-corrected chi connectivity index (χ1v) is 7.92. The average Bonchev–Trinajstić information content (AvgIpc) is 2.85. The molecule has 1 aromatic heterocycles. The van der Waals surface area contributed by atoms with Crippen LogP contribution in [-0.2, 0) is 13.2 Å². The maximum absolute atomic E-state index is 10.9. The predicted molar refractivity (Wildman–Crippen MR) is 85.1 cm³/mol. The van der Waals surface area contributed by atoms with Gasteiger partial charge in [-0.15, -0.1) is 0 Å². The predicted octanol–water partition coefficient (Wildman–Crippen LogP) is 3.58. The van der Waals surface area contributed by atoms with Crippen molar-refractivity contribution < 1.29 is 10.0 Å². The van der Waals surface area contributed by atoms with E-state index in [1.807, 2.05) is 17.6 Å². The van der Waals surface area contributed by atoms with Crippen molar-refractivity contribution in [3.05, 3.63) is 45.9 Å². The van der Waals surface area contributed by atoms with E-state index in [1.165, 1.54) is 17.8 Å². The molecule has 118 valence electrons. The smallest absolute Gasteiger partial charge is 0.270 e. The molecule has 0 spiro atoms. The summed E-state index contributed by atoms with van der Waals surface area (Å²) in [7, 11) is 0. The van der Waals surface area contributed by atoms with Crippen molar-refractivity contribution >= 4 is 17.4 Å². The lowest BCUT2D eigenvalue weighted by molar-refractivity contribution is -0.385. The highest BCUT2D eigenvalue weighted by atomic mass is 32.2. The third-order valence-electron chi connectivity index (χ3n) is 3.30. The van der Waals surface area contributed by atoms with Crippen molar-refractivity contribution in [2.45, 2.75) is 49.8 Å². The second-order valence-electron chi connectivity index (χ2n) is 5.13. The Hall–Kier alpha value is -1.86. The second-order valence-corrected chi connectivity index (χ2v) is 6.19. The van der Waals surface area contributed by atoms with Crippen LogP contribution in [0.15, 0.2) is 34.2 Å². The Kier molecular flexibility index (Phi) is 5.20. The zero-order valence-corrected chi connectivity index (χ0v) is 13.6. The van der Waals surface area contributed by atoms with E-state index in [9.17, 15) is 15.2 Å². The van der Waals surface area contributed by atoms with Gasteiger partial charge >= 0.3 is 0 Å². The van der Waals surface area contributed by atoms with Gasteiger partial charge in [-0.1, -0.05) is 31.7 Å². The van der Waals surface area contributed by atoms with Gasteiger partial charge < -0.3 is 9.67 Å². The standard InChI is InChI=1S/C15H19N3O3S/c1-4-17-13(9-19)16-15(14(17)10(2)3)22-12-7-5-6-11(8-12)18(20)21/h5-8,10,19H,4,9H2,1-3H3. The van der Waals surface area contributed by atoms with Gasteiger partial charge in [0, 0.05) is 23.6 Å². The molecule has 22 heavy (non-hydrogen) atoms. The molecule has 0 unspecified atom stereocenters. The van der Waals surface area contributed by atoms with Crippen molar-refractivity contribution in [2.75, 3.05) is 0 Å². The van der Waals surface area contributed by atoms with Crippen LogP contribution < -0.4 is 0 Å². The van der Waals surface area contributed by atoms with Crippen LogP contribution in [0.2, 0.25) is 0 Å². The average molecular weight is 321 g/mol. The molecule has 0 bridgehead atoms. The first kappa shape index (κ1) is 16.5. The minimum absolute atomic E-state index is 0.0633. The molecule has 0 radical (unpaired) electrons. The Labute approximate surface area is 133 Å². The number of rotatable bonds is 6. The van der Waals surface area contributed by atoms with E-state index in [4.69, 9.17) is 0 Å². The minimum atomic E-state index is -0.406. The molecule has 0 saturated heterocycles. The Morgan fingerprint density at radius 2 is 2.18 bits per heavy atom. The molecule has 0 fully saturated rings. The number of nitrogens with zero attached hydrogens (tertiary/aromatic N) is 3. The summed E-state index contributed by atoms with van der Waals surface area (Å²) >= 11 is 1.39. The Balaban J connectivity index is 2.43. The maximum atomic E-state index is 10.9. The first-order valence-electron chi connectivity index (χ1n) is 7.10. The molecule has 1 heterocycles. The molecular weight excluding hydrogens is 302 g/mol. The van der Waals surface area contributed by atoms with Gasteiger partial charge in [0.15, 0.2) is 0 Å². The van der Waals surface area contributed by atoms with E-state index < -0.39 is 4.92 Å². The molecule has 1 N–H and O–H groups in total. The molecular formula is C15H19N3O3S. The summed E-state index contributed by atoms with van der Waals surface area (Å²) in [5.74, 6) is 0.869. The third kappa shape index (κ3) is 3.31. The van der Waals surface area contributed by atoms with Crippen LogP contribution >= 0.6 is 11.8 Å². The number of aliphatic hydroxyl groups is 1. The van der Waals surface area contributed by atoms with E-state index >= 15 is 0 Å². The van der Waals surface area contributed by atoms with Crippen LogP contribution in [0.1, 0.15) is 38.2 Å². The lowest BCUT2D eigenvalue weighted by atomic mass is 10.1. The van der Waals surface area contributed by atoms with Crippen molar-refractivity contribution in [1.29, 1.82) is 0 Å². The Morgan fingerprint density at radius 3 is 2.73 bits per heavy atom. The van der Waals surface area contributed by atoms with E-state index in [1.54, 1.807) is 12.1 Å². The molecule has 0 aliphatic rings. The normalized spacial score (nSPS) is 11.1. The molecule has 0 aliphatic carbocycles. The van der Waals surface area contributed by atoms with Crippen LogP contribution in [0, 0.1) is 10.1 Å². The highest BCUT2D eigenvalue weighted by molar-refractivity contribution is 7.99. The van der Waals surface area contributed by atoms with Gasteiger partial charge in [-0.3, -0.25) is 10.1 Å². The highest BCUT2D eigenvalue weighted by Crippen LogP contribution is 2.35. The summed E-state index contributed by atoms with van der Waals surface area (Å²) in [6, 6.07) is 6.50. The lowest BCUT2D eigenvalue weighted by Gasteiger charge is -2.12. The molecule has 7 heteroatoms. The quantitative estimate of drug-likeness (QED) is 0.649. The highest BCUT2D eigenvalue weighted by Gasteiger charge is 2.19. The van der Waals surface area contributed by atoms with Gasteiger partial charge in [-0.05, 0) is 18.9 Å². The number of hydrogen-bond acceptors (Lipinski definition) is 5. The number of non-ortho nitro benzene ring substituents is 1. The topological polar surface area (TPSA) is 81.2 Å². The number of hydrogen-bond donors (Lipinski definition) is 1. The van der Waals surface area contributed by atoms with E-state index in [2.05, 4.69) is 18.8 Å². The maximum Gasteiger partial charge on any atom is 0.270 e. The SMILES string of the molecule is CCn1c(CO)nc(Sc2cccc([N+](=O)[O-])c2)c1C(C)C. The van der Waals surface area contributed by atoms with Crippen molar-refractivity contribution in [1.82, 2.24) is 9.55 Å².